The summed E-state index contributed by atoms with van der Waals surface area (Å²) in [5.74, 6) is -0.693. The highest BCUT2D eigenvalue weighted by atomic mass is 32.2. The Morgan fingerprint density at radius 2 is 2.16 bits per heavy atom. The molecule has 2 rings (SSSR count). The number of nitrogens with zero attached hydrogens (tertiary/aromatic N) is 1. The lowest BCUT2D eigenvalue weighted by atomic mass is 9.98. The molecule has 0 bridgehead atoms. The normalized spacial score (nSPS) is 25.4. The van der Waals surface area contributed by atoms with Crippen LogP contribution in [0.5, 0.6) is 0 Å². The van der Waals surface area contributed by atoms with Gasteiger partial charge >= 0.3 is 0 Å². The zero-order chi connectivity index (χ0) is 14.2. The van der Waals surface area contributed by atoms with Crippen molar-refractivity contribution in [1.29, 1.82) is 0 Å². The van der Waals surface area contributed by atoms with Gasteiger partial charge in [0.15, 0.2) is 0 Å². The van der Waals surface area contributed by atoms with Gasteiger partial charge in [0.1, 0.15) is 5.82 Å². The molecule has 1 saturated heterocycles. The van der Waals surface area contributed by atoms with Crippen LogP contribution in [0.25, 0.3) is 0 Å². The summed E-state index contributed by atoms with van der Waals surface area (Å²) in [6.45, 7) is 2.24. The van der Waals surface area contributed by atoms with Gasteiger partial charge in [-0.3, -0.25) is 0 Å². The van der Waals surface area contributed by atoms with Crippen molar-refractivity contribution in [3.05, 3.63) is 24.0 Å². The molecule has 0 radical (unpaired) electrons. The minimum absolute atomic E-state index is 0.0372. The first-order chi connectivity index (χ1) is 8.82. The zero-order valence-electron chi connectivity index (χ0n) is 10.6. The van der Waals surface area contributed by atoms with E-state index in [4.69, 9.17) is 5.73 Å². The number of benzene rings is 1. The second-order valence-electron chi connectivity index (χ2n) is 4.88. The van der Waals surface area contributed by atoms with E-state index in [9.17, 15) is 17.9 Å². The fourth-order valence-electron chi connectivity index (χ4n) is 2.06. The Labute approximate surface area is 111 Å². The maximum atomic E-state index is 13.4. The van der Waals surface area contributed by atoms with Gasteiger partial charge in [0.05, 0.1) is 16.7 Å². The number of piperidine rings is 1. The highest BCUT2D eigenvalue weighted by molar-refractivity contribution is 7.89. The van der Waals surface area contributed by atoms with Gasteiger partial charge in [0.2, 0.25) is 10.0 Å². The van der Waals surface area contributed by atoms with Crippen LogP contribution in [0.15, 0.2) is 23.1 Å². The van der Waals surface area contributed by atoms with Gasteiger partial charge in [-0.2, -0.15) is 4.31 Å². The molecule has 1 aliphatic rings. The second-order valence-corrected chi connectivity index (χ2v) is 6.82. The van der Waals surface area contributed by atoms with Crippen LogP contribution in [0.4, 0.5) is 10.1 Å². The predicted octanol–water partition coefficient (Wildman–Crippen LogP) is 0.799. The number of hydrogen-bond acceptors (Lipinski definition) is 4. The topological polar surface area (TPSA) is 83.6 Å². The summed E-state index contributed by atoms with van der Waals surface area (Å²) in [6, 6.07) is 3.42. The second kappa shape index (κ2) is 5.07. The van der Waals surface area contributed by atoms with Crippen molar-refractivity contribution in [2.45, 2.75) is 24.3 Å². The summed E-state index contributed by atoms with van der Waals surface area (Å²) in [5.41, 5.74) is 5.24. The van der Waals surface area contributed by atoms with Crippen LogP contribution in [-0.4, -0.2) is 37.0 Å². The average molecular weight is 288 g/mol. The van der Waals surface area contributed by atoms with Crippen LogP contribution >= 0.6 is 0 Å². The van der Waals surface area contributed by atoms with E-state index in [1.807, 2.05) is 6.92 Å². The standard InChI is InChI=1S/C12H17FN2O3S/c1-8-4-5-15(7-12(8)16)19(17,18)9-2-3-11(14)10(13)6-9/h2-3,6,8,12,16H,4-5,7,14H2,1H3. The Morgan fingerprint density at radius 1 is 1.47 bits per heavy atom. The molecule has 1 heterocycles. The Balaban J connectivity index is 2.29. The predicted molar refractivity (Wildman–Crippen MR) is 69.4 cm³/mol. The summed E-state index contributed by atoms with van der Waals surface area (Å²) < 4.78 is 39.2. The molecule has 0 aromatic heterocycles. The minimum Gasteiger partial charge on any atom is -0.396 e. The van der Waals surface area contributed by atoms with Crippen LogP contribution in [-0.2, 0) is 10.0 Å². The maximum absolute atomic E-state index is 13.4. The van der Waals surface area contributed by atoms with E-state index in [1.54, 1.807) is 0 Å². The minimum atomic E-state index is -3.78. The molecule has 0 saturated carbocycles. The number of nitrogen functional groups attached to an aromatic ring is 1. The van der Waals surface area contributed by atoms with Gasteiger partial charge in [0, 0.05) is 13.1 Å². The molecule has 0 spiro atoms. The maximum Gasteiger partial charge on any atom is 0.243 e. The fourth-order valence-corrected chi connectivity index (χ4v) is 3.54. The number of β-amino-alcohol motifs (C(OH)–C–C–N with tert-alkyl or cyclic N) is 1. The summed E-state index contributed by atoms with van der Waals surface area (Å²) in [5, 5.41) is 9.76. The molecule has 1 aromatic carbocycles. The number of nitrogens with two attached hydrogens (primary N) is 1. The van der Waals surface area contributed by atoms with Crippen LogP contribution in [0, 0.1) is 11.7 Å². The molecule has 19 heavy (non-hydrogen) atoms. The van der Waals surface area contributed by atoms with Crippen molar-refractivity contribution in [3.8, 4) is 0 Å². The van der Waals surface area contributed by atoms with Gasteiger partial charge in [-0.15, -0.1) is 0 Å². The lowest BCUT2D eigenvalue weighted by Gasteiger charge is -2.33. The monoisotopic (exact) mass is 288 g/mol. The molecule has 1 aliphatic heterocycles. The highest BCUT2D eigenvalue weighted by Gasteiger charge is 2.33. The quantitative estimate of drug-likeness (QED) is 0.788. The summed E-state index contributed by atoms with van der Waals surface area (Å²) in [7, 11) is -3.78. The fraction of sp³-hybridized carbons (Fsp3) is 0.500. The first kappa shape index (κ1) is 14.2. The third-order valence-electron chi connectivity index (χ3n) is 3.49. The van der Waals surface area contributed by atoms with Gasteiger partial charge in [0.25, 0.3) is 0 Å². The van der Waals surface area contributed by atoms with E-state index in [0.29, 0.717) is 13.0 Å². The van der Waals surface area contributed by atoms with Crippen molar-refractivity contribution in [3.63, 3.8) is 0 Å². The lowest BCUT2D eigenvalue weighted by molar-refractivity contribution is 0.0605. The number of hydrogen-bond donors (Lipinski definition) is 2. The number of aliphatic hydroxyl groups excluding tert-OH is 1. The number of aliphatic hydroxyl groups is 1. The number of halogens is 1. The molecule has 0 aliphatic carbocycles. The molecule has 1 aromatic rings. The summed E-state index contributed by atoms with van der Waals surface area (Å²) >= 11 is 0. The van der Waals surface area contributed by atoms with Crippen molar-refractivity contribution >= 4 is 15.7 Å². The molecule has 0 amide bonds. The van der Waals surface area contributed by atoms with Crippen LogP contribution in [0.3, 0.4) is 0 Å². The number of rotatable bonds is 2. The Morgan fingerprint density at radius 3 is 2.74 bits per heavy atom. The molecule has 106 valence electrons. The lowest BCUT2D eigenvalue weighted by Crippen LogP contribution is -2.45. The van der Waals surface area contributed by atoms with Gasteiger partial charge in [-0.05, 0) is 30.5 Å². The molecule has 2 unspecified atom stereocenters. The Kier molecular flexibility index (Phi) is 3.80. The first-order valence-corrected chi connectivity index (χ1v) is 7.49. The van der Waals surface area contributed by atoms with E-state index >= 15 is 0 Å². The van der Waals surface area contributed by atoms with Crippen molar-refractivity contribution in [2.75, 3.05) is 18.8 Å². The van der Waals surface area contributed by atoms with Crippen LogP contribution in [0.1, 0.15) is 13.3 Å². The Hall–Kier alpha value is -1.18. The van der Waals surface area contributed by atoms with Crippen molar-refractivity contribution in [2.24, 2.45) is 5.92 Å². The third-order valence-corrected chi connectivity index (χ3v) is 5.35. The largest absolute Gasteiger partial charge is 0.396 e. The van der Waals surface area contributed by atoms with Gasteiger partial charge in [-0.1, -0.05) is 6.92 Å². The summed E-state index contributed by atoms with van der Waals surface area (Å²) in [6.07, 6.45) is -0.111. The molecule has 1 fully saturated rings. The van der Waals surface area contributed by atoms with Gasteiger partial charge < -0.3 is 10.8 Å². The van der Waals surface area contributed by atoms with Crippen molar-refractivity contribution < 1.29 is 17.9 Å². The first-order valence-electron chi connectivity index (χ1n) is 6.05. The molecule has 3 N–H and O–H groups in total. The van der Waals surface area contributed by atoms with Gasteiger partial charge in [-0.25, -0.2) is 12.8 Å². The van der Waals surface area contributed by atoms with E-state index in [0.717, 1.165) is 6.07 Å². The smallest absolute Gasteiger partial charge is 0.243 e. The molecule has 2 atom stereocenters. The zero-order valence-corrected chi connectivity index (χ0v) is 11.4. The van der Waals surface area contributed by atoms with E-state index < -0.39 is 21.9 Å². The van der Waals surface area contributed by atoms with E-state index in [1.165, 1.54) is 16.4 Å². The van der Waals surface area contributed by atoms with E-state index in [2.05, 4.69) is 0 Å². The SMILES string of the molecule is CC1CCN(S(=O)(=O)c2ccc(N)c(F)c2)CC1O. The molecular weight excluding hydrogens is 271 g/mol. The van der Waals surface area contributed by atoms with E-state index in [-0.39, 0.29) is 23.0 Å². The van der Waals surface area contributed by atoms with Crippen LogP contribution < -0.4 is 5.73 Å². The Bertz CT molecular complexity index is 576. The highest BCUT2D eigenvalue weighted by Crippen LogP contribution is 2.25. The molecular formula is C12H17FN2O3S. The summed E-state index contributed by atoms with van der Waals surface area (Å²) in [4.78, 5) is -0.138. The molecule has 5 nitrogen and oxygen atoms in total. The average Bonchev–Trinajstić information content (AvgIpc) is 2.35. The van der Waals surface area contributed by atoms with Crippen molar-refractivity contribution in [1.82, 2.24) is 4.31 Å². The third kappa shape index (κ3) is 2.72. The van der Waals surface area contributed by atoms with Crippen LogP contribution in [0.2, 0.25) is 0 Å². The number of sulfonamides is 1. The number of anilines is 1. The molecule has 7 heteroatoms.